The number of aromatic nitrogens is 1. The molecule has 2 heterocycles. The van der Waals surface area contributed by atoms with E-state index >= 15 is 0 Å². The van der Waals surface area contributed by atoms with Gasteiger partial charge >= 0.3 is 0 Å². The molecule has 0 bridgehead atoms. The number of benzene rings is 2. The number of rotatable bonds is 4. The first-order chi connectivity index (χ1) is 12.6. The van der Waals surface area contributed by atoms with Crippen molar-refractivity contribution in [3.05, 3.63) is 76.5 Å². The number of hydrogen-bond acceptors (Lipinski definition) is 3. The molecule has 0 saturated carbocycles. The van der Waals surface area contributed by atoms with Crippen molar-refractivity contribution in [2.45, 2.75) is 13.3 Å². The van der Waals surface area contributed by atoms with E-state index in [-0.39, 0.29) is 11.7 Å². The average molecular weight is 365 g/mol. The highest BCUT2D eigenvalue weighted by molar-refractivity contribution is 6.31. The maximum Gasteiger partial charge on any atom is 0.287 e. The van der Waals surface area contributed by atoms with Crippen molar-refractivity contribution in [2.75, 3.05) is 6.54 Å². The number of carbonyl (C=O) groups is 1. The van der Waals surface area contributed by atoms with E-state index in [1.54, 1.807) is 12.1 Å². The van der Waals surface area contributed by atoms with Crippen LogP contribution in [-0.4, -0.2) is 17.4 Å². The number of hydrogen-bond donors (Lipinski definition) is 1. The number of carbonyl (C=O) groups excluding carboxylic acids is 1. The van der Waals surface area contributed by atoms with E-state index in [1.165, 1.54) is 11.1 Å². The van der Waals surface area contributed by atoms with Crippen molar-refractivity contribution in [3.8, 4) is 0 Å². The molecule has 0 spiro atoms. The Labute approximate surface area is 155 Å². The Bertz CT molecular complexity index is 1100. The van der Waals surface area contributed by atoms with E-state index in [4.69, 9.17) is 16.0 Å². The van der Waals surface area contributed by atoms with Gasteiger partial charge in [0.1, 0.15) is 0 Å². The van der Waals surface area contributed by atoms with E-state index in [9.17, 15) is 4.79 Å². The zero-order chi connectivity index (χ0) is 18.1. The first-order valence-corrected chi connectivity index (χ1v) is 8.80. The largest absolute Gasteiger partial charge is 0.433 e. The number of amides is 1. The van der Waals surface area contributed by atoms with Crippen LogP contribution in [0.15, 0.2) is 59.0 Å². The van der Waals surface area contributed by atoms with Crippen molar-refractivity contribution in [3.63, 3.8) is 0 Å². The SMILES string of the molecule is Cc1ccc(CCNC(=O)c2cc3cc4ccc(Cl)cc4nc3o2)cc1. The van der Waals surface area contributed by atoms with Gasteiger partial charge in [0, 0.05) is 22.3 Å². The van der Waals surface area contributed by atoms with Gasteiger partial charge in [-0.25, -0.2) is 4.98 Å². The Morgan fingerprint density at radius 3 is 2.69 bits per heavy atom. The molecule has 0 unspecified atom stereocenters. The lowest BCUT2D eigenvalue weighted by Crippen LogP contribution is -2.25. The Hall–Kier alpha value is -2.85. The summed E-state index contributed by atoms with van der Waals surface area (Å²) in [5.41, 5.74) is 3.58. The van der Waals surface area contributed by atoms with Crippen molar-refractivity contribution in [1.29, 1.82) is 0 Å². The monoisotopic (exact) mass is 364 g/mol. The predicted molar refractivity (Wildman–Crippen MR) is 104 cm³/mol. The quantitative estimate of drug-likeness (QED) is 0.559. The number of halogens is 1. The summed E-state index contributed by atoms with van der Waals surface area (Å²) in [6.07, 6.45) is 0.771. The molecule has 2 aromatic carbocycles. The van der Waals surface area contributed by atoms with Crippen LogP contribution in [0.4, 0.5) is 0 Å². The van der Waals surface area contributed by atoms with Gasteiger partial charge in [-0.1, -0.05) is 47.5 Å². The third-order valence-electron chi connectivity index (χ3n) is 4.31. The summed E-state index contributed by atoms with van der Waals surface area (Å²) in [6.45, 7) is 2.60. The van der Waals surface area contributed by atoms with Gasteiger partial charge in [0.15, 0.2) is 5.76 Å². The van der Waals surface area contributed by atoms with Crippen LogP contribution in [-0.2, 0) is 6.42 Å². The van der Waals surface area contributed by atoms with Gasteiger partial charge in [0.2, 0.25) is 5.71 Å². The van der Waals surface area contributed by atoms with Gasteiger partial charge < -0.3 is 9.73 Å². The Kier molecular flexibility index (Phi) is 4.35. The summed E-state index contributed by atoms with van der Waals surface area (Å²) in [5.74, 6) is 0.0232. The molecule has 0 radical (unpaired) electrons. The van der Waals surface area contributed by atoms with Crippen molar-refractivity contribution >= 4 is 39.5 Å². The molecular formula is C21H17ClN2O2. The third-order valence-corrected chi connectivity index (χ3v) is 4.54. The molecule has 4 rings (SSSR count). The summed E-state index contributed by atoms with van der Waals surface area (Å²) in [4.78, 5) is 16.8. The minimum absolute atomic E-state index is 0.239. The van der Waals surface area contributed by atoms with E-state index < -0.39 is 0 Å². The maximum absolute atomic E-state index is 12.4. The fourth-order valence-corrected chi connectivity index (χ4v) is 3.04. The summed E-state index contributed by atoms with van der Waals surface area (Å²) in [7, 11) is 0. The highest BCUT2D eigenvalue weighted by Crippen LogP contribution is 2.24. The second kappa shape index (κ2) is 6.81. The van der Waals surface area contributed by atoms with Gasteiger partial charge in [0.25, 0.3) is 5.91 Å². The standard InChI is InChI=1S/C21H17ClN2O2/c1-13-2-4-14(5-3-13)8-9-23-20(25)19-11-16-10-15-6-7-17(22)12-18(15)24-21(16)26-19/h2-7,10-12H,8-9H2,1H3,(H,23,25). The van der Waals surface area contributed by atoms with E-state index in [0.29, 0.717) is 17.3 Å². The Morgan fingerprint density at radius 2 is 1.88 bits per heavy atom. The fraction of sp³-hybridized carbons (Fsp3) is 0.143. The molecule has 0 saturated heterocycles. The molecule has 0 aliphatic rings. The van der Waals surface area contributed by atoms with Gasteiger partial charge in [0.05, 0.1) is 5.52 Å². The Morgan fingerprint density at radius 1 is 1.08 bits per heavy atom. The Balaban J connectivity index is 1.49. The zero-order valence-electron chi connectivity index (χ0n) is 14.3. The normalized spacial score (nSPS) is 11.2. The van der Waals surface area contributed by atoms with Crippen LogP contribution >= 0.6 is 11.6 Å². The summed E-state index contributed by atoms with van der Waals surface area (Å²) >= 11 is 6.01. The third kappa shape index (κ3) is 3.41. The molecular weight excluding hydrogens is 348 g/mol. The topological polar surface area (TPSA) is 55.1 Å². The number of furan rings is 1. The molecule has 130 valence electrons. The first kappa shape index (κ1) is 16.6. The van der Waals surface area contributed by atoms with E-state index in [0.717, 1.165) is 22.7 Å². The maximum atomic E-state index is 12.4. The second-order valence-corrected chi connectivity index (χ2v) is 6.76. The lowest BCUT2D eigenvalue weighted by atomic mass is 10.1. The molecule has 26 heavy (non-hydrogen) atoms. The number of pyridine rings is 1. The smallest absolute Gasteiger partial charge is 0.287 e. The average Bonchev–Trinajstić information content (AvgIpc) is 3.04. The molecule has 1 N–H and O–H groups in total. The molecule has 0 atom stereocenters. The first-order valence-electron chi connectivity index (χ1n) is 8.42. The van der Waals surface area contributed by atoms with E-state index in [1.807, 2.05) is 18.2 Å². The summed E-state index contributed by atoms with van der Waals surface area (Å²) in [6, 6.07) is 17.4. The lowest BCUT2D eigenvalue weighted by Gasteiger charge is -2.03. The van der Waals surface area contributed by atoms with Gasteiger partial charge in [-0.05, 0) is 43.2 Å². The van der Waals surface area contributed by atoms with Crippen LogP contribution < -0.4 is 5.32 Å². The minimum atomic E-state index is -0.239. The number of nitrogens with zero attached hydrogens (tertiary/aromatic N) is 1. The number of aryl methyl sites for hydroxylation is 1. The van der Waals surface area contributed by atoms with Crippen molar-refractivity contribution in [1.82, 2.24) is 10.3 Å². The lowest BCUT2D eigenvalue weighted by molar-refractivity contribution is 0.0928. The minimum Gasteiger partial charge on any atom is -0.433 e. The van der Waals surface area contributed by atoms with Gasteiger partial charge in [-0.15, -0.1) is 0 Å². The van der Waals surface area contributed by atoms with Crippen molar-refractivity contribution in [2.24, 2.45) is 0 Å². The molecule has 4 aromatic rings. The fourth-order valence-electron chi connectivity index (χ4n) is 2.87. The second-order valence-electron chi connectivity index (χ2n) is 6.32. The van der Waals surface area contributed by atoms with Gasteiger partial charge in [-0.2, -0.15) is 0 Å². The highest BCUT2D eigenvalue weighted by Gasteiger charge is 2.13. The number of nitrogens with one attached hydrogen (secondary N) is 1. The number of fused-ring (bicyclic) bond motifs is 2. The molecule has 2 aromatic heterocycles. The van der Waals surface area contributed by atoms with Crippen LogP contribution in [0, 0.1) is 6.92 Å². The van der Waals surface area contributed by atoms with E-state index in [2.05, 4.69) is 41.5 Å². The summed E-state index contributed by atoms with van der Waals surface area (Å²) in [5, 5.41) is 5.26. The molecule has 0 aliphatic heterocycles. The van der Waals surface area contributed by atoms with Crippen LogP contribution in [0.1, 0.15) is 21.7 Å². The summed E-state index contributed by atoms with van der Waals surface area (Å²) < 4.78 is 5.63. The highest BCUT2D eigenvalue weighted by atomic mass is 35.5. The molecule has 1 amide bonds. The molecule has 4 nitrogen and oxygen atoms in total. The van der Waals surface area contributed by atoms with Gasteiger partial charge in [-0.3, -0.25) is 4.79 Å². The van der Waals surface area contributed by atoms with Crippen LogP contribution in [0.5, 0.6) is 0 Å². The predicted octanol–water partition coefficient (Wildman–Crippen LogP) is 4.92. The van der Waals surface area contributed by atoms with Crippen LogP contribution in [0.3, 0.4) is 0 Å². The molecule has 0 fully saturated rings. The van der Waals surface area contributed by atoms with Crippen molar-refractivity contribution < 1.29 is 9.21 Å². The van der Waals surface area contributed by atoms with Crippen LogP contribution in [0.25, 0.3) is 22.0 Å². The zero-order valence-corrected chi connectivity index (χ0v) is 15.0. The molecule has 0 aliphatic carbocycles. The molecule has 5 heteroatoms. The van der Waals surface area contributed by atoms with Crippen LogP contribution in [0.2, 0.25) is 5.02 Å².